The average Bonchev–Trinajstić information content (AvgIpc) is 3.42. The van der Waals surface area contributed by atoms with Crippen molar-refractivity contribution in [2.45, 2.75) is 37.6 Å². The lowest BCUT2D eigenvalue weighted by atomic mass is 10.1. The molecular weight excluding hydrogens is 442 g/mol. The van der Waals surface area contributed by atoms with E-state index in [1.807, 2.05) is 19.1 Å². The van der Waals surface area contributed by atoms with Gasteiger partial charge in [0.1, 0.15) is 0 Å². The number of halogens is 1. The van der Waals surface area contributed by atoms with Crippen LogP contribution in [0.5, 0.6) is 0 Å². The van der Waals surface area contributed by atoms with Crippen LogP contribution < -0.4 is 10.0 Å². The third-order valence-corrected chi connectivity index (χ3v) is 7.45. The van der Waals surface area contributed by atoms with Crippen LogP contribution in [-0.4, -0.2) is 25.4 Å². The summed E-state index contributed by atoms with van der Waals surface area (Å²) in [7, 11) is -3.64. The standard InChI is InChI=1S/C21H20ClN3O3S2/c1-12-3-10-17(30(27,28)25-16-8-9-16)11-18(12)20(26)24-21-23-19(13(2)29-21)14-4-6-15(22)7-5-14/h3-7,10-11,16,25H,8-9H2,1-2H3,(H,23,24,26). The molecule has 3 aromatic rings. The van der Waals surface area contributed by atoms with Gasteiger partial charge in [-0.15, -0.1) is 11.3 Å². The lowest BCUT2D eigenvalue weighted by Gasteiger charge is -2.10. The number of nitrogens with zero attached hydrogens (tertiary/aromatic N) is 1. The normalized spacial score (nSPS) is 14.0. The summed E-state index contributed by atoms with van der Waals surface area (Å²) in [5.41, 5.74) is 2.66. The van der Waals surface area contributed by atoms with Crippen molar-refractivity contribution in [2.75, 3.05) is 5.32 Å². The Bertz CT molecular complexity index is 1220. The van der Waals surface area contributed by atoms with E-state index in [9.17, 15) is 13.2 Å². The van der Waals surface area contributed by atoms with Crippen molar-refractivity contribution in [2.24, 2.45) is 0 Å². The summed E-state index contributed by atoms with van der Waals surface area (Å²) in [4.78, 5) is 18.4. The molecule has 6 nitrogen and oxygen atoms in total. The molecule has 2 aromatic carbocycles. The average molecular weight is 462 g/mol. The first-order valence-electron chi connectivity index (χ1n) is 9.40. The summed E-state index contributed by atoms with van der Waals surface area (Å²) >= 11 is 7.31. The lowest BCUT2D eigenvalue weighted by molar-refractivity contribution is 0.102. The maximum Gasteiger partial charge on any atom is 0.257 e. The molecule has 1 saturated carbocycles. The fraction of sp³-hybridized carbons (Fsp3) is 0.238. The van der Waals surface area contributed by atoms with E-state index in [-0.39, 0.29) is 10.9 Å². The Kier molecular flexibility index (Phi) is 5.67. The molecule has 1 aliphatic rings. The van der Waals surface area contributed by atoms with Gasteiger partial charge in [0.2, 0.25) is 10.0 Å². The van der Waals surface area contributed by atoms with Crippen LogP contribution in [0.15, 0.2) is 47.4 Å². The SMILES string of the molecule is Cc1ccc(S(=O)(=O)NC2CC2)cc1C(=O)Nc1nc(-c2ccc(Cl)cc2)c(C)s1. The van der Waals surface area contributed by atoms with Gasteiger partial charge in [-0.3, -0.25) is 10.1 Å². The van der Waals surface area contributed by atoms with Crippen molar-refractivity contribution >= 4 is 44.0 Å². The number of thiazole rings is 1. The molecule has 30 heavy (non-hydrogen) atoms. The summed E-state index contributed by atoms with van der Waals surface area (Å²) in [6.07, 6.45) is 1.69. The monoisotopic (exact) mass is 461 g/mol. The molecule has 0 atom stereocenters. The number of aryl methyl sites for hydroxylation is 2. The summed E-state index contributed by atoms with van der Waals surface area (Å²) < 4.78 is 27.6. The van der Waals surface area contributed by atoms with Crippen molar-refractivity contribution in [3.05, 3.63) is 63.5 Å². The minimum absolute atomic E-state index is 0.00170. The molecule has 1 amide bonds. The van der Waals surface area contributed by atoms with E-state index in [4.69, 9.17) is 11.6 Å². The molecule has 1 fully saturated rings. The zero-order valence-corrected chi connectivity index (χ0v) is 18.8. The maximum absolute atomic E-state index is 12.9. The molecule has 2 N–H and O–H groups in total. The highest BCUT2D eigenvalue weighted by Crippen LogP contribution is 2.31. The smallest absolute Gasteiger partial charge is 0.257 e. The first-order valence-corrected chi connectivity index (χ1v) is 12.1. The number of nitrogens with one attached hydrogen (secondary N) is 2. The largest absolute Gasteiger partial charge is 0.298 e. The Morgan fingerprint density at radius 2 is 1.83 bits per heavy atom. The van der Waals surface area contributed by atoms with Crippen LogP contribution in [0.25, 0.3) is 11.3 Å². The highest BCUT2D eigenvalue weighted by atomic mass is 35.5. The molecular formula is C21H20ClN3O3S2. The molecule has 0 radical (unpaired) electrons. The van der Waals surface area contributed by atoms with Crippen LogP contribution in [0.4, 0.5) is 5.13 Å². The number of carbonyl (C=O) groups is 1. The summed E-state index contributed by atoms with van der Waals surface area (Å²) in [5.74, 6) is -0.396. The van der Waals surface area contributed by atoms with Crippen molar-refractivity contribution < 1.29 is 13.2 Å². The maximum atomic E-state index is 12.9. The molecule has 0 aliphatic heterocycles. The van der Waals surface area contributed by atoms with Gasteiger partial charge in [0.25, 0.3) is 5.91 Å². The van der Waals surface area contributed by atoms with E-state index < -0.39 is 15.9 Å². The summed E-state index contributed by atoms with van der Waals surface area (Å²) in [6.45, 7) is 3.70. The van der Waals surface area contributed by atoms with E-state index >= 15 is 0 Å². The number of aromatic nitrogens is 1. The van der Waals surface area contributed by atoms with Gasteiger partial charge in [0.05, 0.1) is 10.6 Å². The first kappa shape index (κ1) is 21.0. The van der Waals surface area contributed by atoms with Crippen molar-refractivity contribution in [3.63, 3.8) is 0 Å². The van der Waals surface area contributed by atoms with Crippen molar-refractivity contribution in [3.8, 4) is 11.3 Å². The summed E-state index contributed by atoms with van der Waals surface area (Å²) in [6, 6.07) is 11.9. The topological polar surface area (TPSA) is 88.2 Å². The molecule has 9 heteroatoms. The number of anilines is 1. The third kappa shape index (κ3) is 4.57. The minimum Gasteiger partial charge on any atom is -0.298 e. The van der Waals surface area contributed by atoms with Gasteiger partial charge in [-0.1, -0.05) is 29.8 Å². The number of sulfonamides is 1. The second-order valence-electron chi connectivity index (χ2n) is 7.26. The van der Waals surface area contributed by atoms with Crippen LogP contribution in [0.1, 0.15) is 33.6 Å². The Labute approximate surface area is 184 Å². The zero-order chi connectivity index (χ0) is 21.5. The summed E-state index contributed by atoms with van der Waals surface area (Å²) in [5, 5.41) is 3.89. The quantitative estimate of drug-likeness (QED) is 0.553. The van der Waals surface area contributed by atoms with E-state index in [1.165, 1.54) is 23.5 Å². The number of hydrogen-bond acceptors (Lipinski definition) is 5. The molecule has 0 spiro atoms. The van der Waals surface area contributed by atoms with Crippen molar-refractivity contribution in [1.29, 1.82) is 0 Å². The Hall–Kier alpha value is -2.26. The van der Waals surface area contributed by atoms with Gasteiger partial charge in [0, 0.05) is 27.1 Å². The molecule has 1 aromatic heterocycles. The number of hydrogen-bond donors (Lipinski definition) is 2. The Balaban J connectivity index is 1.57. The lowest BCUT2D eigenvalue weighted by Crippen LogP contribution is -2.26. The fourth-order valence-electron chi connectivity index (χ4n) is 2.99. The third-order valence-electron chi connectivity index (χ3n) is 4.80. The van der Waals surface area contributed by atoms with E-state index in [2.05, 4.69) is 15.0 Å². The first-order chi connectivity index (χ1) is 14.2. The van der Waals surface area contributed by atoms with Crippen LogP contribution in [0.3, 0.4) is 0 Å². The van der Waals surface area contributed by atoms with E-state index in [1.54, 1.807) is 25.1 Å². The molecule has 0 bridgehead atoms. The molecule has 0 saturated heterocycles. The molecule has 0 unspecified atom stereocenters. The van der Waals surface area contributed by atoms with Crippen LogP contribution in [-0.2, 0) is 10.0 Å². The number of benzene rings is 2. The van der Waals surface area contributed by atoms with Gasteiger partial charge < -0.3 is 0 Å². The fourth-order valence-corrected chi connectivity index (χ4v) is 5.28. The van der Waals surface area contributed by atoms with Crippen LogP contribution in [0, 0.1) is 13.8 Å². The van der Waals surface area contributed by atoms with Gasteiger partial charge in [-0.05, 0) is 56.5 Å². The van der Waals surface area contributed by atoms with Gasteiger partial charge in [-0.2, -0.15) is 0 Å². The van der Waals surface area contributed by atoms with Crippen molar-refractivity contribution in [1.82, 2.24) is 9.71 Å². The Morgan fingerprint density at radius 3 is 2.50 bits per heavy atom. The molecule has 4 rings (SSSR count). The second-order valence-corrected chi connectivity index (χ2v) is 10.6. The van der Waals surface area contributed by atoms with Gasteiger partial charge in [-0.25, -0.2) is 18.1 Å². The highest BCUT2D eigenvalue weighted by Gasteiger charge is 2.28. The predicted octanol–water partition coefficient (Wildman–Crippen LogP) is 4.77. The zero-order valence-electron chi connectivity index (χ0n) is 16.4. The van der Waals surface area contributed by atoms with E-state index in [0.29, 0.717) is 21.3 Å². The van der Waals surface area contributed by atoms with Gasteiger partial charge in [0.15, 0.2) is 5.13 Å². The second kappa shape index (κ2) is 8.11. The minimum atomic E-state index is -3.64. The van der Waals surface area contributed by atoms with Gasteiger partial charge >= 0.3 is 0 Å². The predicted molar refractivity (Wildman–Crippen MR) is 120 cm³/mol. The van der Waals surface area contributed by atoms with Crippen LogP contribution in [0.2, 0.25) is 5.02 Å². The van der Waals surface area contributed by atoms with Crippen LogP contribution >= 0.6 is 22.9 Å². The van der Waals surface area contributed by atoms with E-state index in [0.717, 1.165) is 29.0 Å². The molecule has 1 heterocycles. The number of rotatable bonds is 6. The number of amides is 1. The number of carbonyl (C=O) groups excluding carboxylic acids is 1. The molecule has 1 aliphatic carbocycles. The molecule has 156 valence electrons. The highest BCUT2D eigenvalue weighted by molar-refractivity contribution is 7.89. The Morgan fingerprint density at radius 1 is 1.13 bits per heavy atom.